The van der Waals surface area contributed by atoms with E-state index in [-0.39, 0.29) is 11.4 Å². The van der Waals surface area contributed by atoms with Gasteiger partial charge in [0.15, 0.2) is 11.6 Å². The molecule has 4 aromatic carbocycles. The Morgan fingerprint density at radius 2 is 1.14 bits per heavy atom. The number of benzene rings is 4. The van der Waals surface area contributed by atoms with E-state index >= 15 is 0 Å². The molecule has 35 heavy (non-hydrogen) atoms. The van der Waals surface area contributed by atoms with Gasteiger partial charge in [-0.2, -0.15) is 0 Å². The van der Waals surface area contributed by atoms with Gasteiger partial charge in [-0.15, -0.1) is 0 Å². The van der Waals surface area contributed by atoms with Gasteiger partial charge in [-0.25, -0.2) is 13.2 Å². The average molecular weight is 473 g/mol. The van der Waals surface area contributed by atoms with Crippen molar-refractivity contribution in [1.82, 2.24) is 0 Å². The van der Waals surface area contributed by atoms with Crippen LogP contribution in [0.5, 0.6) is 0 Å². The number of hydrogen-bond acceptors (Lipinski definition) is 0. The quantitative estimate of drug-likeness (QED) is 0.228. The molecule has 0 atom stereocenters. The average Bonchev–Trinajstić information content (AvgIpc) is 2.89. The minimum atomic E-state index is -0.806. The predicted molar refractivity (Wildman–Crippen MR) is 139 cm³/mol. The number of hydrogen-bond donors (Lipinski definition) is 0. The van der Waals surface area contributed by atoms with Gasteiger partial charge in [0, 0.05) is 11.1 Å². The van der Waals surface area contributed by atoms with Crippen molar-refractivity contribution in [3.8, 4) is 22.3 Å². The van der Waals surface area contributed by atoms with Crippen LogP contribution in [0.1, 0.15) is 48.9 Å². The summed E-state index contributed by atoms with van der Waals surface area (Å²) in [5.41, 5.74) is 5.86. The normalized spacial score (nSPS) is 11.1. The highest BCUT2D eigenvalue weighted by atomic mass is 19.2. The molecule has 0 unspecified atom stereocenters. The fourth-order valence-electron chi connectivity index (χ4n) is 4.38. The number of unbranched alkanes of at least 4 members (excludes halogenated alkanes) is 1. The Bertz CT molecular complexity index is 1270. The van der Waals surface area contributed by atoms with Crippen LogP contribution in [0.15, 0.2) is 78.9 Å². The lowest BCUT2D eigenvalue weighted by Gasteiger charge is -2.10. The topological polar surface area (TPSA) is 0 Å². The minimum Gasteiger partial charge on any atom is -0.206 e. The Morgan fingerprint density at radius 3 is 1.77 bits per heavy atom. The summed E-state index contributed by atoms with van der Waals surface area (Å²) in [6.45, 7) is 4.18. The first-order chi connectivity index (χ1) is 17.0. The fraction of sp³-hybridized carbons (Fsp3) is 0.250. The van der Waals surface area contributed by atoms with Crippen molar-refractivity contribution in [3.63, 3.8) is 0 Å². The first kappa shape index (κ1) is 24.8. The Hall–Kier alpha value is -3.33. The van der Waals surface area contributed by atoms with Crippen molar-refractivity contribution < 1.29 is 13.2 Å². The largest absolute Gasteiger partial charge is 0.206 e. The van der Waals surface area contributed by atoms with Crippen LogP contribution in [0.4, 0.5) is 13.2 Å². The van der Waals surface area contributed by atoms with Crippen LogP contribution in [0, 0.1) is 17.5 Å². The Kier molecular flexibility index (Phi) is 8.07. The second-order valence-electron chi connectivity index (χ2n) is 9.07. The van der Waals surface area contributed by atoms with Crippen molar-refractivity contribution in [3.05, 3.63) is 119 Å². The third kappa shape index (κ3) is 5.85. The molecule has 0 saturated heterocycles. The van der Waals surface area contributed by atoms with Gasteiger partial charge in [0.1, 0.15) is 5.82 Å². The Labute approximate surface area is 206 Å². The van der Waals surface area contributed by atoms with Gasteiger partial charge in [-0.3, -0.25) is 0 Å². The zero-order valence-corrected chi connectivity index (χ0v) is 20.4. The van der Waals surface area contributed by atoms with Crippen LogP contribution in [-0.4, -0.2) is 0 Å². The highest BCUT2D eigenvalue weighted by Crippen LogP contribution is 2.28. The number of halogens is 3. The van der Waals surface area contributed by atoms with E-state index in [9.17, 15) is 13.2 Å². The second kappa shape index (κ2) is 11.4. The molecule has 180 valence electrons. The lowest BCUT2D eigenvalue weighted by atomic mass is 9.96. The molecule has 0 radical (unpaired) electrons. The van der Waals surface area contributed by atoms with Crippen molar-refractivity contribution in [2.75, 3.05) is 0 Å². The molecule has 0 aliphatic heterocycles. The molecule has 4 rings (SSSR count). The molecule has 4 aromatic rings. The van der Waals surface area contributed by atoms with Crippen LogP contribution in [0.3, 0.4) is 0 Å². The van der Waals surface area contributed by atoms with Gasteiger partial charge in [-0.1, -0.05) is 93.1 Å². The first-order valence-electron chi connectivity index (χ1n) is 12.4. The Morgan fingerprint density at radius 1 is 0.543 bits per heavy atom. The van der Waals surface area contributed by atoms with Gasteiger partial charge >= 0.3 is 0 Å². The SMILES string of the molecule is CCCCc1ccc(-c2ccc(CCc3ccc(-c4ccc(CC)cc4)c(F)c3F)cc2)c(F)c1. The molecule has 0 aromatic heterocycles. The van der Waals surface area contributed by atoms with E-state index in [1.165, 1.54) is 0 Å². The van der Waals surface area contributed by atoms with E-state index in [0.717, 1.165) is 47.9 Å². The first-order valence-corrected chi connectivity index (χ1v) is 12.4. The predicted octanol–water partition coefficient (Wildman–Crippen LogP) is 9.13. The molecule has 0 bridgehead atoms. The van der Waals surface area contributed by atoms with Gasteiger partial charge < -0.3 is 0 Å². The highest BCUT2D eigenvalue weighted by Gasteiger charge is 2.15. The molecule has 0 heterocycles. The van der Waals surface area contributed by atoms with E-state index < -0.39 is 11.6 Å². The van der Waals surface area contributed by atoms with Crippen molar-refractivity contribution in [2.45, 2.75) is 52.4 Å². The molecular formula is C32H31F3. The van der Waals surface area contributed by atoms with Crippen LogP contribution < -0.4 is 0 Å². The summed E-state index contributed by atoms with van der Waals surface area (Å²) in [5.74, 6) is -1.81. The molecule has 0 amide bonds. The molecule has 0 N–H and O–H groups in total. The van der Waals surface area contributed by atoms with Gasteiger partial charge in [-0.05, 0) is 71.6 Å². The maximum Gasteiger partial charge on any atom is 0.166 e. The lowest BCUT2D eigenvalue weighted by molar-refractivity contribution is 0.501. The van der Waals surface area contributed by atoms with E-state index in [4.69, 9.17) is 0 Å². The maximum atomic E-state index is 14.8. The van der Waals surface area contributed by atoms with E-state index in [2.05, 4.69) is 13.8 Å². The second-order valence-corrected chi connectivity index (χ2v) is 9.07. The zero-order chi connectivity index (χ0) is 24.8. The lowest BCUT2D eigenvalue weighted by Crippen LogP contribution is -2.00. The summed E-state index contributed by atoms with van der Waals surface area (Å²) < 4.78 is 44.3. The standard InChI is InChI=1S/C32H31F3/c1-3-5-6-24-12-19-28(30(33)21-24)25-15-9-23(10-16-25)11-17-27-18-20-29(32(35)31(27)34)26-13-7-22(4-2)8-14-26/h7-10,12-16,18-21H,3-6,11,17H2,1-2H3. The third-order valence-electron chi connectivity index (χ3n) is 6.64. The molecule has 0 aliphatic carbocycles. The molecule has 0 nitrogen and oxygen atoms in total. The summed E-state index contributed by atoms with van der Waals surface area (Å²) in [5, 5.41) is 0. The maximum absolute atomic E-state index is 14.8. The van der Waals surface area contributed by atoms with E-state index in [1.807, 2.05) is 60.7 Å². The van der Waals surface area contributed by atoms with Crippen LogP contribution >= 0.6 is 0 Å². The van der Waals surface area contributed by atoms with E-state index in [0.29, 0.717) is 29.5 Å². The molecule has 0 saturated carbocycles. The third-order valence-corrected chi connectivity index (χ3v) is 6.64. The van der Waals surface area contributed by atoms with E-state index in [1.54, 1.807) is 18.2 Å². The van der Waals surface area contributed by atoms with Gasteiger partial charge in [0.05, 0.1) is 0 Å². The van der Waals surface area contributed by atoms with Gasteiger partial charge in [0.2, 0.25) is 0 Å². The van der Waals surface area contributed by atoms with Crippen LogP contribution in [0.2, 0.25) is 0 Å². The molecule has 0 fully saturated rings. The monoisotopic (exact) mass is 472 g/mol. The summed E-state index contributed by atoms with van der Waals surface area (Å²) in [7, 11) is 0. The molecule has 0 spiro atoms. The van der Waals surface area contributed by atoms with Crippen LogP contribution in [-0.2, 0) is 25.7 Å². The fourth-order valence-corrected chi connectivity index (χ4v) is 4.38. The summed E-state index contributed by atoms with van der Waals surface area (Å²) in [6.07, 6.45) is 4.87. The number of aryl methyl sites for hydroxylation is 4. The van der Waals surface area contributed by atoms with Crippen molar-refractivity contribution in [2.24, 2.45) is 0 Å². The molecule has 3 heteroatoms. The number of rotatable bonds is 9. The Balaban J connectivity index is 1.44. The van der Waals surface area contributed by atoms with Crippen molar-refractivity contribution in [1.29, 1.82) is 0 Å². The van der Waals surface area contributed by atoms with Crippen molar-refractivity contribution >= 4 is 0 Å². The molecular weight excluding hydrogens is 441 g/mol. The summed E-state index contributed by atoms with van der Waals surface area (Å²) in [4.78, 5) is 0. The summed E-state index contributed by atoms with van der Waals surface area (Å²) >= 11 is 0. The van der Waals surface area contributed by atoms with Gasteiger partial charge in [0.25, 0.3) is 0 Å². The minimum absolute atomic E-state index is 0.215. The zero-order valence-electron chi connectivity index (χ0n) is 20.4. The smallest absolute Gasteiger partial charge is 0.166 e. The summed E-state index contributed by atoms with van der Waals surface area (Å²) in [6, 6.07) is 24.0. The molecule has 0 aliphatic rings. The van der Waals surface area contributed by atoms with Crippen LogP contribution in [0.25, 0.3) is 22.3 Å². The highest BCUT2D eigenvalue weighted by molar-refractivity contribution is 5.66.